The maximum absolute atomic E-state index is 12.4. The maximum Gasteiger partial charge on any atom is 0.330 e. The zero-order chi connectivity index (χ0) is 35.5. The number of benzene rings is 3. The van der Waals surface area contributed by atoms with Crippen molar-refractivity contribution in [2.75, 3.05) is 41.2 Å². The van der Waals surface area contributed by atoms with Gasteiger partial charge in [0.05, 0.1) is 46.8 Å². The second-order valence-corrected chi connectivity index (χ2v) is 12.2. The van der Waals surface area contributed by atoms with Gasteiger partial charge in [0.1, 0.15) is 31.0 Å². The predicted octanol–water partition coefficient (Wildman–Crippen LogP) is 2.64. The van der Waals surface area contributed by atoms with E-state index >= 15 is 0 Å². The van der Waals surface area contributed by atoms with Gasteiger partial charge in [0, 0.05) is 17.9 Å². The molecule has 3 heterocycles. The molecule has 50 heavy (non-hydrogen) atoms. The Morgan fingerprint density at radius 1 is 0.740 bits per heavy atom. The van der Waals surface area contributed by atoms with E-state index in [2.05, 4.69) is 0 Å². The summed E-state index contributed by atoms with van der Waals surface area (Å²) in [5, 5.41) is 51.6. The Kier molecular flexibility index (Phi) is 10.7. The molecule has 0 saturated carbocycles. The predicted molar refractivity (Wildman–Crippen MR) is 174 cm³/mol. The summed E-state index contributed by atoms with van der Waals surface area (Å²) in [6, 6.07) is 14.9. The Morgan fingerprint density at radius 2 is 1.32 bits per heavy atom. The first-order valence-electron chi connectivity index (χ1n) is 16.0. The van der Waals surface area contributed by atoms with E-state index in [-0.39, 0.29) is 47.0 Å². The normalized spacial score (nSPS) is 29.0. The molecule has 5 N–H and O–H groups in total. The van der Waals surface area contributed by atoms with E-state index in [0.717, 1.165) is 17.2 Å². The summed E-state index contributed by atoms with van der Waals surface area (Å²) in [4.78, 5) is 12.4. The van der Waals surface area contributed by atoms with Crippen molar-refractivity contribution < 1.29 is 68.2 Å². The van der Waals surface area contributed by atoms with Crippen LogP contribution in [0.25, 0.3) is 6.08 Å². The second-order valence-electron chi connectivity index (χ2n) is 12.2. The quantitative estimate of drug-likeness (QED) is 0.145. The molecule has 0 unspecified atom stereocenters. The number of aliphatic hydroxyl groups is 3. The number of aromatic hydroxyl groups is 2. The molecule has 3 saturated heterocycles. The second kappa shape index (κ2) is 15.1. The lowest BCUT2D eigenvalue weighted by Gasteiger charge is -2.40. The monoisotopic (exact) mass is 696 g/mol. The highest BCUT2D eigenvalue weighted by molar-refractivity contribution is 5.87. The molecule has 14 nitrogen and oxygen atoms in total. The summed E-state index contributed by atoms with van der Waals surface area (Å²) >= 11 is 0. The molecule has 268 valence electrons. The van der Waals surface area contributed by atoms with Crippen LogP contribution in [0.3, 0.4) is 0 Å². The van der Waals surface area contributed by atoms with Gasteiger partial charge in [-0.25, -0.2) is 4.79 Å². The van der Waals surface area contributed by atoms with Crippen molar-refractivity contribution in [3.8, 4) is 34.5 Å². The Morgan fingerprint density at radius 3 is 1.96 bits per heavy atom. The number of hydrogen-bond acceptors (Lipinski definition) is 14. The Bertz CT molecular complexity index is 1690. The van der Waals surface area contributed by atoms with Crippen molar-refractivity contribution in [2.45, 2.75) is 42.9 Å². The van der Waals surface area contributed by atoms with Crippen LogP contribution in [0.4, 0.5) is 0 Å². The molecule has 0 spiro atoms. The van der Waals surface area contributed by atoms with E-state index in [1.807, 2.05) is 6.07 Å². The standard InChI is InChI=1S/C36H40O14/c1-43-26-12-18(4-8-23(26)37)5-11-30(39)46-17-29-31(40)32(41)33(42)36(50-29)49-25-10-7-20(14-28(25)45-3)35-22-16-47-34(21(22)15-48-35)19-6-9-24(38)27(13-19)44-2/h4-14,21-22,29,31-38,40-42H,15-17H2,1-3H3/b11-5+/t21-,22-,29-,31-,32+,33-,34+,35+,36-/m1/s1. The van der Waals surface area contributed by atoms with Gasteiger partial charge < -0.3 is 63.4 Å². The topological polar surface area (TPSA) is 192 Å². The number of fused-ring (bicyclic) bond motifs is 1. The van der Waals surface area contributed by atoms with Crippen LogP contribution < -0.4 is 18.9 Å². The van der Waals surface area contributed by atoms with Crippen molar-refractivity contribution in [3.05, 3.63) is 77.4 Å². The van der Waals surface area contributed by atoms with Crippen LogP contribution in [0, 0.1) is 11.8 Å². The molecule has 0 aliphatic carbocycles. The fourth-order valence-corrected chi connectivity index (χ4v) is 6.52. The molecular weight excluding hydrogens is 656 g/mol. The molecule has 3 aromatic carbocycles. The fourth-order valence-electron chi connectivity index (χ4n) is 6.52. The molecule has 0 bridgehead atoms. The van der Waals surface area contributed by atoms with Crippen molar-refractivity contribution in [2.24, 2.45) is 11.8 Å². The molecule has 9 atom stereocenters. The summed E-state index contributed by atoms with van der Waals surface area (Å²) in [5.74, 6) is 0.440. The highest BCUT2D eigenvalue weighted by atomic mass is 16.7. The zero-order valence-electron chi connectivity index (χ0n) is 27.6. The van der Waals surface area contributed by atoms with Gasteiger partial charge in [-0.2, -0.15) is 0 Å². The lowest BCUT2D eigenvalue weighted by molar-refractivity contribution is -0.278. The Labute approximate surface area is 287 Å². The Hall–Kier alpha value is -4.57. The van der Waals surface area contributed by atoms with Crippen molar-refractivity contribution >= 4 is 12.0 Å². The molecule has 3 aliphatic heterocycles. The number of carbonyl (C=O) groups excluding carboxylic acids is 1. The van der Waals surface area contributed by atoms with Crippen LogP contribution in [0.15, 0.2) is 60.7 Å². The molecule has 6 rings (SSSR count). The van der Waals surface area contributed by atoms with Gasteiger partial charge in [0.2, 0.25) is 6.29 Å². The van der Waals surface area contributed by atoms with Gasteiger partial charge in [-0.15, -0.1) is 0 Å². The van der Waals surface area contributed by atoms with Gasteiger partial charge in [0.15, 0.2) is 34.5 Å². The molecule has 3 aromatic rings. The number of esters is 1. The number of aliphatic hydroxyl groups excluding tert-OH is 3. The first-order chi connectivity index (χ1) is 24.1. The molecule has 0 amide bonds. The largest absolute Gasteiger partial charge is 0.504 e. The van der Waals surface area contributed by atoms with Crippen LogP contribution in [-0.4, -0.2) is 103 Å². The van der Waals surface area contributed by atoms with Crippen molar-refractivity contribution in [1.29, 1.82) is 0 Å². The summed E-state index contributed by atoms with van der Waals surface area (Å²) in [5.41, 5.74) is 2.27. The number of methoxy groups -OCH3 is 3. The van der Waals surface area contributed by atoms with Crippen molar-refractivity contribution in [1.82, 2.24) is 0 Å². The highest BCUT2D eigenvalue weighted by Crippen LogP contribution is 2.51. The van der Waals surface area contributed by atoms with Crippen LogP contribution in [-0.2, 0) is 23.7 Å². The van der Waals surface area contributed by atoms with Gasteiger partial charge in [0.25, 0.3) is 0 Å². The third-order valence-electron chi connectivity index (χ3n) is 9.23. The average molecular weight is 697 g/mol. The lowest BCUT2D eigenvalue weighted by atomic mass is 9.85. The highest BCUT2D eigenvalue weighted by Gasteiger charge is 2.49. The average Bonchev–Trinajstić information content (AvgIpc) is 3.74. The number of phenolic OH excluding ortho intramolecular Hbond substituents is 2. The number of phenols is 2. The van der Waals surface area contributed by atoms with E-state index in [1.54, 1.807) is 36.4 Å². The van der Waals surface area contributed by atoms with E-state index in [1.165, 1.54) is 39.5 Å². The first kappa shape index (κ1) is 35.3. The number of ether oxygens (including phenoxy) is 8. The summed E-state index contributed by atoms with van der Waals surface area (Å²) in [6.45, 7) is 0.462. The third-order valence-corrected chi connectivity index (χ3v) is 9.23. The van der Waals surface area contributed by atoms with Crippen LogP contribution >= 0.6 is 0 Å². The molecule has 3 aliphatic rings. The van der Waals surface area contributed by atoms with Crippen molar-refractivity contribution in [3.63, 3.8) is 0 Å². The molecule has 0 aromatic heterocycles. The minimum Gasteiger partial charge on any atom is -0.504 e. The first-order valence-corrected chi connectivity index (χ1v) is 16.0. The maximum atomic E-state index is 12.4. The molecule has 0 radical (unpaired) electrons. The molecule has 3 fully saturated rings. The van der Waals surface area contributed by atoms with E-state index in [9.17, 15) is 30.3 Å². The van der Waals surface area contributed by atoms with Crippen LogP contribution in [0.5, 0.6) is 34.5 Å². The minimum atomic E-state index is -1.67. The zero-order valence-corrected chi connectivity index (χ0v) is 27.6. The Balaban J connectivity index is 1.09. The number of hydrogen-bond donors (Lipinski definition) is 5. The fraction of sp³-hybridized carbons (Fsp3) is 0.417. The molecule has 14 heteroatoms. The van der Waals surface area contributed by atoms with Crippen LogP contribution in [0.2, 0.25) is 0 Å². The number of carbonyl (C=O) groups is 1. The van der Waals surface area contributed by atoms with Gasteiger partial charge in [-0.05, 0) is 59.2 Å². The SMILES string of the molecule is COc1cc(/C=C/C(=O)OC[C@H]2O[C@@H](Oc3ccc([C@@H]4OC[C@@H]5[C@H]4CO[C@H]5c4ccc(O)c(OC)c4)cc3OC)[C@H](O)[C@@H](O)[C@@H]2O)ccc1O. The van der Waals surface area contributed by atoms with Gasteiger partial charge >= 0.3 is 5.97 Å². The molecular formula is C36H40O14. The summed E-state index contributed by atoms with van der Waals surface area (Å²) in [7, 11) is 4.35. The van der Waals surface area contributed by atoms with Gasteiger partial charge in [-0.1, -0.05) is 18.2 Å². The minimum absolute atomic E-state index is 0.0404. The van der Waals surface area contributed by atoms with E-state index in [4.69, 9.17) is 37.9 Å². The van der Waals surface area contributed by atoms with E-state index < -0.39 is 43.3 Å². The van der Waals surface area contributed by atoms with Crippen LogP contribution in [0.1, 0.15) is 28.9 Å². The smallest absolute Gasteiger partial charge is 0.330 e. The lowest BCUT2D eigenvalue weighted by Crippen LogP contribution is -2.60. The number of rotatable bonds is 11. The summed E-state index contributed by atoms with van der Waals surface area (Å²) < 4.78 is 45.3. The third kappa shape index (κ3) is 7.17. The van der Waals surface area contributed by atoms with E-state index in [0.29, 0.717) is 30.3 Å². The van der Waals surface area contributed by atoms with Gasteiger partial charge in [-0.3, -0.25) is 0 Å². The summed E-state index contributed by atoms with van der Waals surface area (Å²) in [6.07, 6.45) is -5.52.